The quantitative estimate of drug-likeness (QED) is 0.771. The van der Waals surface area contributed by atoms with E-state index in [9.17, 15) is 0 Å². The lowest BCUT2D eigenvalue weighted by atomic mass is 9.98. The van der Waals surface area contributed by atoms with E-state index in [0.717, 1.165) is 50.0 Å². The second-order valence-corrected chi connectivity index (χ2v) is 6.83. The Morgan fingerprint density at radius 3 is 2.88 bits per heavy atom. The molecule has 25 heavy (non-hydrogen) atoms. The molecule has 5 heteroatoms. The number of nitrogens with zero attached hydrogens (tertiary/aromatic N) is 3. The largest absolute Gasteiger partial charge is 0.497 e. The topological polar surface area (TPSA) is 39.5 Å². The fourth-order valence-electron chi connectivity index (χ4n) is 3.45. The van der Waals surface area contributed by atoms with Crippen LogP contribution >= 0.6 is 0 Å². The minimum atomic E-state index is 0.571. The van der Waals surface area contributed by atoms with Crippen molar-refractivity contribution < 1.29 is 9.47 Å². The van der Waals surface area contributed by atoms with Crippen LogP contribution in [-0.4, -0.2) is 41.5 Å². The van der Waals surface area contributed by atoms with Gasteiger partial charge in [-0.3, -0.25) is 9.58 Å². The standard InChI is InChI=1S/C20H29N3O2/c1-4-23-14-18(16(2)21-23)13-22-10-6-7-17(12-22)15-25-20-9-5-8-19(11-20)24-3/h5,8-9,11,14,17H,4,6-7,10,12-13,15H2,1-3H3. The number of aryl methyl sites for hydroxylation is 2. The van der Waals surface area contributed by atoms with Crippen molar-refractivity contribution in [3.63, 3.8) is 0 Å². The normalized spacial score (nSPS) is 18.3. The van der Waals surface area contributed by atoms with Crippen molar-refractivity contribution in [3.05, 3.63) is 41.7 Å². The first-order valence-electron chi connectivity index (χ1n) is 9.20. The third-order valence-electron chi connectivity index (χ3n) is 4.90. The average Bonchev–Trinajstić information content (AvgIpc) is 3.00. The summed E-state index contributed by atoms with van der Waals surface area (Å²) in [6, 6.07) is 7.85. The van der Waals surface area contributed by atoms with E-state index in [0.29, 0.717) is 5.92 Å². The molecule has 1 aliphatic heterocycles. The maximum Gasteiger partial charge on any atom is 0.122 e. The Morgan fingerprint density at radius 1 is 1.28 bits per heavy atom. The van der Waals surface area contributed by atoms with Gasteiger partial charge in [-0.25, -0.2) is 0 Å². The highest BCUT2D eigenvalue weighted by molar-refractivity contribution is 5.32. The van der Waals surface area contributed by atoms with Gasteiger partial charge in [0.2, 0.25) is 0 Å². The van der Waals surface area contributed by atoms with Crippen LogP contribution in [0.15, 0.2) is 30.5 Å². The van der Waals surface area contributed by atoms with E-state index in [4.69, 9.17) is 9.47 Å². The van der Waals surface area contributed by atoms with Crippen LogP contribution in [0.5, 0.6) is 11.5 Å². The molecule has 0 N–H and O–H groups in total. The third kappa shape index (κ3) is 4.75. The minimum Gasteiger partial charge on any atom is -0.497 e. The molecule has 2 aromatic rings. The third-order valence-corrected chi connectivity index (χ3v) is 4.90. The van der Waals surface area contributed by atoms with E-state index >= 15 is 0 Å². The zero-order valence-electron chi connectivity index (χ0n) is 15.6. The van der Waals surface area contributed by atoms with Gasteiger partial charge in [0.15, 0.2) is 0 Å². The fourth-order valence-corrected chi connectivity index (χ4v) is 3.45. The van der Waals surface area contributed by atoms with Crippen molar-refractivity contribution in [1.29, 1.82) is 0 Å². The van der Waals surface area contributed by atoms with Crippen LogP contribution in [-0.2, 0) is 13.1 Å². The molecule has 3 rings (SSSR count). The lowest BCUT2D eigenvalue weighted by Gasteiger charge is -2.32. The zero-order valence-corrected chi connectivity index (χ0v) is 15.6. The highest BCUT2D eigenvalue weighted by Crippen LogP contribution is 2.23. The highest BCUT2D eigenvalue weighted by Gasteiger charge is 2.21. The van der Waals surface area contributed by atoms with Gasteiger partial charge in [0, 0.05) is 43.4 Å². The van der Waals surface area contributed by atoms with Crippen LogP contribution in [0.1, 0.15) is 31.0 Å². The predicted octanol–water partition coefficient (Wildman–Crippen LogP) is 3.51. The maximum absolute atomic E-state index is 6.01. The van der Waals surface area contributed by atoms with Crippen molar-refractivity contribution in [1.82, 2.24) is 14.7 Å². The number of rotatable bonds is 7. The van der Waals surface area contributed by atoms with Gasteiger partial charge in [-0.1, -0.05) is 6.07 Å². The molecule has 0 saturated carbocycles. The predicted molar refractivity (Wildman–Crippen MR) is 99.1 cm³/mol. The van der Waals surface area contributed by atoms with Gasteiger partial charge in [0.05, 0.1) is 19.4 Å². The molecule has 1 saturated heterocycles. The smallest absolute Gasteiger partial charge is 0.122 e. The number of methoxy groups -OCH3 is 1. The molecule has 5 nitrogen and oxygen atoms in total. The van der Waals surface area contributed by atoms with Gasteiger partial charge in [-0.05, 0) is 45.4 Å². The molecule has 0 aliphatic carbocycles. The monoisotopic (exact) mass is 343 g/mol. The molecule has 1 unspecified atom stereocenters. The van der Waals surface area contributed by atoms with Gasteiger partial charge >= 0.3 is 0 Å². The summed E-state index contributed by atoms with van der Waals surface area (Å²) in [6.07, 6.45) is 4.65. The van der Waals surface area contributed by atoms with Crippen LogP contribution in [0, 0.1) is 12.8 Å². The average molecular weight is 343 g/mol. The number of hydrogen-bond acceptors (Lipinski definition) is 4. The van der Waals surface area contributed by atoms with Crippen molar-refractivity contribution in [2.75, 3.05) is 26.8 Å². The molecule has 2 heterocycles. The summed E-state index contributed by atoms with van der Waals surface area (Å²) in [7, 11) is 1.68. The SMILES string of the molecule is CCn1cc(CN2CCCC(COc3cccc(OC)c3)C2)c(C)n1. The molecule has 0 radical (unpaired) electrons. The van der Waals surface area contributed by atoms with E-state index in [-0.39, 0.29) is 0 Å². The number of piperidine rings is 1. The molecule has 0 amide bonds. The van der Waals surface area contributed by atoms with Crippen molar-refractivity contribution in [3.8, 4) is 11.5 Å². The van der Waals surface area contributed by atoms with Crippen LogP contribution in [0.3, 0.4) is 0 Å². The second kappa shape index (κ2) is 8.39. The molecule has 0 bridgehead atoms. The lowest BCUT2D eigenvalue weighted by molar-refractivity contribution is 0.125. The van der Waals surface area contributed by atoms with Crippen LogP contribution in [0.4, 0.5) is 0 Å². The van der Waals surface area contributed by atoms with E-state index in [1.807, 2.05) is 28.9 Å². The van der Waals surface area contributed by atoms with Crippen molar-refractivity contribution in [2.24, 2.45) is 5.92 Å². The minimum absolute atomic E-state index is 0.571. The Bertz CT molecular complexity index is 683. The van der Waals surface area contributed by atoms with Gasteiger partial charge in [0.1, 0.15) is 11.5 Å². The zero-order chi connectivity index (χ0) is 17.6. The van der Waals surface area contributed by atoms with Gasteiger partial charge in [0.25, 0.3) is 0 Å². The van der Waals surface area contributed by atoms with E-state index < -0.39 is 0 Å². The molecule has 1 fully saturated rings. The number of benzene rings is 1. The number of aromatic nitrogens is 2. The fraction of sp³-hybridized carbons (Fsp3) is 0.550. The molecule has 136 valence electrons. The Balaban J connectivity index is 1.53. The highest BCUT2D eigenvalue weighted by atomic mass is 16.5. The molecule has 1 aliphatic rings. The first kappa shape index (κ1) is 17.8. The Labute approximate surface area is 150 Å². The van der Waals surface area contributed by atoms with E-state index in [1.54, 1.807) is 7.11 Å². The first-order chi connectivity index (χ1) is 12.2. The molecule has 1 aromatic carbocycles. The summed E-state index contributed by atoms with van der Waals surface area (Å²) in [5.41, 5.74) is 2.49. The van der Waals surface area contributed by atoms with E-state index in [2.05, 4.69) is 30.0 Å². The number of hydrogen-bond donors (Lipinski definition) is 0. The van der Waals surface area contributed by atoms with Crippen LogP contribution in [0.25, 0.3) is 0 Å². The Hall–Kier alpha value is -2.01. The number of ether oxygens (including phenoxy) is 2. The molecular formula is C20H29N3O2. The lowest BCUT2D eigenvalue weighted by Crippen LogP contribution is -2.37. The second-order valence-electron chi connectivity index (χ2n) is 6.83. The summed E-state index contributed by atoms with van der Waals surface area (Å²) in [6.45, 7) is 9.15. The molecule has 0 spiro atoms. The van der Waals surface area contributed by atoms with Gasteiger partial charge < -0.3 is 9.47 Å². The summed E-state index contributed by atoms with van der Waals surface area (Å²) in [4.78, 5) is 2.53. The van der Waals surface area contributed by atoms with Crippen molar-refractivity contribution >= 4 is 0 Å². The first-order valence-corrected chi connectivity index (χ1v) is 9.20. The van der Waals surface area contributed by atoms with E-state index in [1.165, 1.54) is 18.4 Å². The summed E-state index contributed by atoms with van der Waals surface area (Å²) >= 11 is 0. The Kier molecular flexibility index (Phi) is 5.97. The molecule has 1 atom stereocenters. The molecule has 1 aromatic heterocycles. The van der Waals surface area contributed by atoms with Gasteiger partial charge in [-0.2, -0.15) is 5.10 Å². The summed E-state index contributed by atoms with van der Waals surface area (Å²) < 4.78 is 13.3. The van der Waals surface area contributed by atoms with Crippen LogP contribution in [0.2, 0.25) is 0 Å². The van der Waals surface area contributed by atoms with Crippen molar-refractivity contribution in [2.45, 2.75) is 39.8 Å². The Morgan fingerprint density at radius 2 is 2.12 bits per heavy atom. The molecular weight excluding hydrogens is 314 g/mol. The summed E-state index contributed by atoms with van der Waals surface area (Å²) in [5.74, 6) is 2.30. The van der Waals surface area contributed by atoms with Crippen LogP contribution < -0.4 is 9.47 Å². The maximum atomic E-state index is 6.01. The summed E-state index contributed by atoms with van der Waals surface area (Å²) in [5, 5.41) is 4.56. The number of likely N-dealkylation sites (tertiary alicyclic amines) is 1. The van der Waals surface area contributed by atoms with Gasteiger partial charge in [-0.15, -0.1) is 0 Å².